The lowest BCUT2D eigenvalue weighted by Gasteiger charge is -2.20. The first-order chi connectivity index (χ1) is 8.31. The van der Waals surface area contributed by atoms with Crippen molar-refractivity contribution < 1.29 is 23.3 Å². The molecule has 0 aromatic heterocycles. The zero-order chi connectivity index (χ0) is 13.8. The van der Waals surface area contributed by atoms with E-state index in [0.29, 0.717) is 0 Å². The maximum absolute atomic E-state index is 13.0. The number of nitrogens with two attached hydrogens (primary N) is 1. The van der Waals surface area contributed by atoms with Crippen LogP contribution in [0.1, 0.15) is 20.8 Å². The Hall–Kier alpha value is -1.60. The third-order valence-electron chi connectivity index (χ3n) is 1.84. The van der Waals surface area contributed by atoms with E-state index in [9.17, 15) is 9.18 Å². The van der Waals surface area contributed by atoms with E-state index in [0.717, 1.165) is 6.07 Å². The molecule has 0 aliphatic rings. The van der Waals surface area contributed by atoms with Gasteiger partial charge in [0.15, 0.2) is 0 Å². The molecule has 5 nitrogen and oxygen atoms in total. The Morgan fingerprint density at radius 3 is 2.56 bits per heavy atom. The monoisotopic (exact) mass is 255 g/mol. The van der Waals surface area contributed by atoms with Crippen LogP contribution in [0.4, 0.5) is 9.18 Å². The summed E-state index contributed by atoms with van der Waals surface area (Å²) >= 11 is 0. The van der Waals surface area contributed by atoms with Crippen molar-refractivity contribution >= 4 is 18.7 Å². The van der Waals surface area contributed by atoms with Gasteiger partial charge in [-0.25, -0.2) is 15.1 Å². The maximum Gasteiger partial charge on any atom is 0.584 e. The van der Waals surface area contributed by atoms with Crippen LogP contribution in [0, 0.1) is 5.82 Å². The number of benzene rings is 1. The second-order valence-corrected chi connectivity index (χ2v) is 4.61. The SMILES string of the molecule is CC(C)(C)OC(=O)OB(ON)c1cccc(F)c1. The molecule has 0 fully saturated rings. The van der Waals surface area contributed by atoms with Crippen LogP contribution < -0.4 is 11.4 Å². The van der Waals surface area contributed by atoms with Gasteiger partial charge in [0.2, 0.25) is 0 Å². The summed E-state index contributed by atoms with van der Waals surface area (Å²) in [5.41, 5.74) is -0.415. The summed E-state index contributed by atoms with van der Waals surface area (Å²) in [4.78, 5) is 11.4. The Bertz CT molecular complexity index is 422. The number of halogens is 1. The molecule has 0 atom stereocenters. The van der Waals surface area contributed by atoms with Gasteiger partial charge in [0.25, 0.3) is 0 Å². The van der Waals surface area contributed by atoms with Crippen molar-refractivity contribution in [3.63, 3.8) is 0 Å². The lowest BCUT2D eigenvalue weighted by atomic mass is 9.79. The molecule has 0 unspecified atom stereocenters. The van der Waals surface area contributed by atoms with Gasteiger partial charge in [-0.05, 0) is 32.9 Å². The van der Waals surface area contributed by atoms with Gasteiger partial charge in [-0.15, -0.1) is 0 Å². The highest BCUT2D eigenvalue weighted by molar-refractivity contribution is 6.62. The van der Waals surface area contributed by atoms with E-state index < -0.39 is 24.7 Å². The van der Waals surface area contributed by atoms with E-state index in [2.05, 4.69) is 4.76 Å². The van der Waals surface area contributed by atoms with E-state index in [-0.39, 0.29) is 5.46 Å². The first-order valence-electron chi connectivity index (χ1n) is 5.32. The second kappa shape index (κ2) is 5.84. The molecule has 0 spiro atoms. The molecule has 0 bridgehead atoms. The average Bonchev–Trinajstić information content (AvgIpc) is 2.23. The molecule has 98 valence electrons. The quantitative estimate of drug-likeness (QED) is 0.501. The van der Waals surface area contributed by atoms with Crippen LogP contribution >= 0.6 is 0 Å². The van der Waals surface area contributed by atoms with Gasteiger partial charge in [0, 0.05) is 5.46 Å². The van der Waals surface area contributed by atoms with Crippen molar-refractivity contribution in [3.05, 3.63) is 30.1 Å². The molecular weight excluding hydrogens is 240 g/mol. The smallest absolute Gasteiger partial charge is 0.472 e. The van der Waals surface area contributed by atoms with Crippen LogP contribution in [-0.2, 0) is 14.1 Å². The van der Waals surface area contributed by atoms with Gasteiger partial charge in [-0.3, -0.25) is 0 Å². The van der Waals surface area contributed by atoms with E-state index in [1.54, 1.807) is 20.8 Å². The van der Waals surface area contributed by atoms with Gasteiger partial charge < -0.3 is 14.1 Å². The molecule has 2 N–H and O–H groups in total. The molecule has 0 saturated heterocycles. The minimum Gasteiger partial charge on any atom is -0.472 e. The highest BCUT2D eigenvalue weighted by Gasteiger charge is 2.29. The number of ether oxygens (including phenoxy) is 1. The molecule has 0 radical (unpaired) electrons. The Morgan fingerprint density at radius 1 is 1.39 bits per heavy atom. The van der Waals surface area contributed by atoms with Crippen LogP contribution in [0.15, 0.2) is 24.3 Å². The highest BCUT2D eigenvalue weighted by Crippen LogP contribution is 2.08. The van der Waals surface area contributed by atoms with Crippen molar-refractivity contribution in [3.8, 4) is 0 Å². The predicted octanol–water partition coefficient (Wildman–Crippen LogP) is 1.36. The zero-order valence-electron chi connectivity index (χ0n) is 10.5. The summed E-state index contributed by atoms with van der Waals surface area (Å²) in [6.45, 7) is 5.07. The Kier molecular flexibility index (Phi) is 4.69. The minimum atomic E-state index is -1.21. The predicted molar refractivity (Wildman–Crippen MR) is 64.4 cm³/mol. The van der Waals surface area contributed by atoms with Crippen molar-refractivity contribution in [1.82, 2.24) is 0 Å². The first kappa shape index (κ1) is 14.5. The minimum absolute atomic E-state index is 0.281. The van der Waals surface area contributed by atoms with Gasteiger partial charge in [0.1, 0.15) is 11.4 Å². The zero-order valence-corrected chi connectivity index (χ0v) is 10.5. The van der Waals surface area contributed by atoms with Crippen molar-refractivity contribution in [2.45, 2.75) is 26.4 Å². The molecule has 0 aliphatic heterocycles. The summed E-state index contributed by atoms with van der Waals surface area (Å²) in [6, 6.07) is 5.38. The molecule has 0 aliphatic carbocycles. The summed E-state index contributed by atoms with van der Waals surface area (Å²) in [7, 11) is -1.21. The van der Waals surface area contributed by atoms with Gasteiger partial charge in [-0.2, -0.15) is 0 Å². The van der Waals surface area contributed by atoms with Crippen LogP contribution in [0.25, 0.3) is 0 Å². The largest absolute Gasteiger partial charge is 0.584 e. The lowest BCUT2D eigenvalue weighted by molar-refractivity contribution is 0.0153. The van der Waals surface area contributed by atoms with Gasteiger partial charge >= 0.3 is 13.3 Å². The van der Waals surface area contributed by atoms with Crippen LogP contribution in [0.3, 0.4) is 0 Å². The summed E-state index contributed by atoms with van der Waals surface area (Å²) in [6.07, 6.45) is -0.942. The van der Waals surface area contributed by atoms with Crippen LogP contribution in [0.5, 0.6) is 0 Å². The molecule has 18 heavy (non-hydrogen) atoms. The van der Waals surface area contributed by atoms with E-state index in [1.807, 2.05) is 0 Å². The lowest BCUT2D eigenvalue weighted by Crippen LogP contribution is -2.42. The molecule has 0 saturated carbocycles. The molecule has 7 heteroatoms. The highest BCUT2D eigenvalue weighted by atomic mass is 19.1. The normalized spacial score (nSPS) is 10.9. The third-order valence-corrected chi connectivity index (χ3v) is 1.84. The number of hydrogen-bond acceptors (Lipinski definition) is 5. The molecule has 1 rings (SSSR count). The van der Waals surface area contributed by atoms with Crippen LogP contribution in [-0.4, -0.2) is 18.9 Å². The molecule has 0 heterocycles. The van der Waals surface area contributed by atoms with E-state index in [1.165, 1.54) is 18.2 Å². The first-order valence-corrected chi connectivity index (χ1v) is 5.32. The number of carbonyl (C=O) groups is 1. The van der Waals surface area contributed by atoms with Crippen molar-refractivity contribution in [2.24, 2.45) is 5.90 Å². The number of rotatable bonds is 3. The molecule has 1 aromatic carbocycles. The van der Waals surface area contributed by atoms with Crippen molar-refractivity contribution in [2.75, 3.05) is 0 Å². The maximum atomic E-state index is 13.0. The van der Waals surface area contributed by atoms with Crippen molar-refractivity contribution in [1.29, 1.82) is 0 Å². The van der Waals surface area contributed by atoms with Gasteiger partial charge in [-0.1, -0.05) is 12.1 Å². The Labute approximate surface area is 105 Å². The molecule has 1 aromatic rings. The fourth-order valence-electron chi connectivity index (χ4n) is 1.19. The molecule has 0 amide bonds. The Balaban J connectivity index is 2.71. The van der Waals surface area contributed by atoms with Crippen LogP contribution in [0.2, 0.25) is 0 Å². The summed E-state index contributed by atoms with van der Waals surface area (Å²) < 4.78 is 27.3. The summed E-state index contributed by atoms with van der Waals surface area (Å²) in [5.74, 6) is 4.53. The average molecular weight is 255 g/mol. The topological polar surface area (TPSA) is 70.8 Å². The molecular formula is C11H15BFNO4. The number of hydrogen-bond donors (Lipinski definition) is 1. The fraction of sp³-hybridized carbons (Fsp3) is 0.364. The second-order valence-electron chi connectivity index (χ2n) is 4.61. The van der Waals surface area contributed by atoms with E-state index in [4.69, 9.17) is 15.3 Å². The van der Waals surface area contributed by atoms with E-state index >= 15 is 0 Å². The summed E-state index contributed by atoms with van der Waals surface area (Å²) in [5, 5.41) is 0. The Morgan fingerprint density at radius 2 is 2.06 bits per heavy atom. The standard InChI is InChI=1S/C11H15BFNO4/c1-11(2,3)16-10(15)17-12(18-14)8-5-4-6-9(13)7-8/h4-7H,14H2,1-3H3. The van der Waals surface area contributed by atoms with Gasteiger partial charge in [0.05, 0.1) is 0 Å². The fourth-order valence-corrected chi connectivity index (χ4v) is 1.19. The third kappa shape index (κ3) is 4.73. The number of carbonyl (C=O) groups excluding carboxylic acids is 1.